The van der Waals surface area contributed by atoms with Gasteiger partial charge in [0, 0.05) is 0 Å². The van der Waals surface area contributed by atoms with Gasteiger partial charge in [-0.05, 0) is 19.3 Å². The summed E-state index contributed by atoms with van der Waals surface area (Å²) in [6.45, 7) is 4.35. The molecule has 2 atom stereocenters. The summed E-state index contributed by atoms with van der Waals surface area (Å²) in [5.74, 6) is 0. The van der Waals surface area contributed by atoms with Crippen LogP contribution in [0, 0.1) is 0 Å². The number of aliphatic hydroxyl groups is 1. The monoisotopic (exact) mass is 416 g/mol. The topological polar surface area (TPSA) is 77.4 Å². The average molecular weight is 417 g/mol. The third kappa shape index (κ3) is 18.9. The summed E-state index contributed by atoms with van der Waals surface area (Å²) in [6, 6.07) is 0. The van der Waals surface area contributed by atoms with Crippen LogP contribution >= 0.6 is 0 Å². The fourth-order valence-corrected chi connectivity index (χ4v) is 4.20. The molecule has 0 aromatic rings. The third-order valence-corrected chi connectivity index (χ3v) is 6.21. The zero-order chi connectivity index (χ0) is 19.0. The van der Waals surface area contributed by atoms with E-state index >= 15 is 0 Å². The molecule has 152 valence electrons. The minimum absolute atomic E-state index is 0. The number of hydrogen-bond donors (Lipinski definition) is 1. The molecule has 0 saturated heterocycles. The Hall–Kier alpha value is 1.51. The summed E-state index contributed by atoms with van der Waals surface area (Å²) in [5, 5.41) is 9.14. The van der Waals surface area contributed by atoms with Gasteiger partial charge in [0.1, 0.15) is 0 Å². The van der Waals surface area contributed by atoms with E-state index in [0.717, 1.165) is 38.5 Å². The second-order valence-electron chi connectivity index (χ2n) is 7.47. The Balaban J connectivity index is 0. The second-order valence-corrected chi connectivity index (χ2v) is 9.12. The van der Waals surface area contributed by atoms with E-state index in [1.807, 2.05) is 0 Å². The van der Waals surface area contributed by atoms with Crippen LogP contribution in [0.25, 0.3) is 0 Å². The molecule has 0 heterocycles. The van der Waals surface area contributed by atoms with Crippen molar-refractivity contribution in [2.75, 3.05) is 0 Å². The van der Waals surface area contributed by atoms with E-state index in [-0.39, 0.29) is 57.8 Å². The first-order chi connectivity index (χ1) is 11.9. The van der Waals surface area contributed by atoms with Crippen LogP contribution in [0.5, 0.6) is 0 Å². The minimum atomic E-state index is -4.31. The van der Waals surface area contributed by atoms with E-state index in [1.54, 1.807) is 0 Å². The van der Waals surface area contributed by atoms with Gasteiger partial charge in [-0.3, -0.25) is 0 Å². The van der Waals surface area contributed by atoms with E-state index in [9.17, 15) is 18.1 Å². The zero-order valence-corrected chi connectivity index (χ0v) is 21.5. The van der Waals surface area contributed by atoms with Crippen molar-refractivity contribution >= 4 is 10.1 Å². The molecule has 0 bridgehead atoms. The van der Waals surface area contributed by atoms with Gasteiger partial charge in [-0.1, -0.05) is 97.3 Å². The fraction of sp³-hybridized carbons (Fsp3) is 1.00. The van der Waals surface area contributed by atoms with Gasteiger partial charge in [0.15, 0.2) is 0 Å². The normalized spacial score (nSPS) is 14.0. The first kappa shape index (κ1) is 29.7. The van der Waals surface area contributed by atoms with Crippen LogP contribution in [0.3, 0.4) is 0 Å². The number of hydrogen-bond acceptors (Lipinski definition) is 4. The molecule has 0 aliphatic carbocycles. The van der Waals surface area contributed by atoms with E-state index in [0.29, 0.717) is 12.8 Å². The van der Waals surface area contributed by atoms with Crippen LogP contribution in [0.15, 0.2) is 0 Å². The maximum absolute atomic E-state index is 11.5. The molecule has 0 spiro atoms. The Morgan fingerprint density at radius 2 is 1.12 bits per heavy atom. The van der Waals surface area contributed by atoms with Gasteiger partial charge in [0.25, 0.3) is 0 Å². The van der Waals surface area contributed by atoms with Crippen molar-refractivity contribution < 1.29 is 69.5 Å². The Morgan fingerprint density at radius 1 is 0.731 bits per heavy atom. The Bertz CT molecular complexity index is 387. The summed E-state index contributed by atoms with van der Waals surface area (Å²) in [4.78, 5) is 0. The van der Waals surface area contributed by atoms with Crippen molar-refractivity contribution in [3.8, 4) is 0 Å². The second kappa shape index (κ2) is 19.8. The SMILES string of the molecule is CCCCCCCCCCC(CC(O)CCCCCCC)S(=O)(=O)[O-].[K+]. The van der Waals surface area contributed by atoms with Crippen molar-refractivity contribution in [1.29, 1.82) is 0 Å². The maximum atomic E-state index is 11.5. The van der Waals surface area contributed by atoms with Gasteiger partial charge in [-0.2, -0.15) is 0 Å². The number of aliphatic hydroxyl groups excluding tert-OH is 1. The predicted octanol–water partition coefficient (Wildman–Crippen LogP) is 2.55. The smallest absolute Gasteiger partial charge is 0.748 e. The van der Waals surface area contributed by atoms with Gasteiger partial charge >= 0.3 is 51.4 Å². The third-order valence-electron chi connectivity index (χ3n) is 4.96. The van der Waals surface area contributed by atoms with Crippen molar-refractivity contribution in [3.05, 3.63) is 0 Å². The number of rotatable bonds is 18. The summed E-state index contributed by atoms with van der Waals surface area (Å²) in [6.07, 6.45) is 15.0. The van der Waals surface area contributed by atoms with Crippen molar-refractivity contribution in [2.24, 2.45) is 0 Å². The van der Waals surface area contributed by atoms with Crippen LogP contribution in [-0.4, -0.2) is 29.4 Å². The van der Waals surface area contributed by atoms with Gasteiger partial charge in [-0.25, -0.2) is 8.42 Å². The molecule has 0 aliphatic rings. The molecule has 2 unspecified atom stereocenters. The molecule has 0 amide bonds. The van der Waals surface area contributed by atoms with E-state index < -0.39 is 21.5 Å². The Kier molecular flexibility index (Phi) is 22.6. The standard InChI is InChI=1S/C20H42O4S.K/c1-3-5-7-9-10-11-13-15-17-20(25(22,23)24)18-19(21)16-14-12-8-6-4-2;/h19-21H,3-18H2,1-2H3,(H,22,23,24);/q;+1/p-1. The van der Waals surface area contributed by atoms with Gasteiger partial charge < -0.3 is 9.66 Å². The first-order valence-electron chi connectivity index (χ1n) is 10.5. The Labute approximate surface area is 205 Å². The van der Waals surface area contributed by atoms with E-state index in [2.05, 4.69) is 13.8 Å². The number of unbranched alkanes of at least 4 members (excludes halogenated alkanes) is 11. The predicted molar refractivity (Wildman–Crippen MR) is 105 cm³/mol. The van der Waals surface area contributed by atoms with E-state index in [4.69, 9.17) is 0 Å². The maximum Gasteiger partial charge on any atom is 1.00 e. The minimum Gasteiger partial charge on any atom is -0.748 e. The molecule has 0 saturated carbocycles. The molecule has 0 aromatic carbocycles. The molecule has 0 radical (unpaired) electrons. The largest absolute Gasteiger partial charge is 1.00 e. The molecular formula is C20H41KO4S. The molecule has 0 rings (SSSR count). The van der Waals surface area contributed by atoms with Gasteiger partial charge in [0.05, 0.1) is 21.5 Å². The quantitative estimate of drug-likeness (QED) is 0.212. The summed E-state index contributed by atoms with van der Waals surface area (Å²) in [5.41, 5.74) is 0. The van der Waals surface area contributed by atoms with E-state index in [1.165, 1.54) is 44.9 Å². The van der Waals surface area contributed by atoms with Crippen LogP contribution < -0.4 is 51.4 Å². The fourth-order valence-electron chi connectivity index (χ4n) is 3.29. The summed E-state index contributed by atoms with van der Waals surface area (Å²) >= 11 is 0. The summed E-state index contributed by atoms with van der Waals surface area (Å²) in [7, 11) is -4.31. The zero-order valence-electron chi connectivity index (χ0n) is 17.5. The molecule has 0 fully saturated rings. The van der Waals surface area contributed by atoms with Crippen molar-refractivity contribution in [3.63, 3.8) is 0 Å². The van der Waals surface area contributed by atoms with Gasteiger partial charge in [-0.15, -0.1) is 0 Å². The molecule has 4 nitrogen and oxygen atoms in total. The average Bonchev–Trinajstić information content (AvgIpc) is 2.55. The molecule has 26 heavy (non-hydrogen) atoms. The molecule has 1 N–H and O–H groups in total. The van der Waals surface area contributed by atoms with Crippen molar-refractivity contribution in [1.82, 2.24) is 0 Å². The van der Waals surface area contributed by atoms with Crippen LogP contribution in [-0.2, 0) is 10.1 Å². The van der Waals surface area contributed by atoms with Gasteiger partial charge in [0.2, 0.25) is 0 Å². The van der Waals surface area contributed by atoms with Crippen LogP contribution in [0.2, 0.25) is 0 Å². The van der Waals surface area contributed by atoms with Crippen LogP contribution in [0.1, 0.15) is 117 Å². The first-order valence-corrected chi connectivity index (χ1v) is 12.0. The molecule has 0 aromatic heterocycles. The Morgan fingerprint density at radius 3 is 1.54 bits per heavy atom. The van der Waals surface area contributed by atoms with Crippen LogP contribution in [0.4, 0.5) is 0 Å². The molecule has 0 aliphatic heterocycles. The van der Waals surface area contributed by atoms with Crippen molar-refractivity contribution in [2.45, 2.75) is 128 Å². The summed E-state index contributed by atoms with van der Waals surface area (Å²) < 4.78 is 34.4. The molecular weight excluding hydrogens is 375 g/mol. The molecule has 6 heteroatoms.